The van der Waals surface area contributed by atoms with Crippen LogP contribution in [0, 0.1) is 0 Å². The maximum Gasteiger partial charge on any atom is 0.199 e. The molecule has 1 unspecified atom stereocenters. The van der Waals surface area contributed by atoms with E-state index in [0.717, 1.165) is 44.9 Å². The van der Waals surface area contributed by atoms with Crippen LogP contribution in [0.1, 0.15) is 97.8 Å². The van der Waals surface area contributed by atoms with Gasteiger partial charge >= 0.3 is 0 Å². The number of hydrogen-bond donors (Lipinski definition) is 1. The minimum atomic E-state index is -1.50. The molecule has 0 heterocycles. The fourth-order valence-electron chi connectivity index (χ4n) is 3.32. The van der Waals surface area contributed by atoms with E-state index >= 15 is 0 Å². The SMILES string of the molecule is CC/C=C\C/C=C\C/C=C\CCCCCCCC(=O)C(CCC)(OCC)[SiH2]O. The molecular formula is C24H44O3Si. The molecule has 0 rings (SSSR count). The molecule has 1 atom stereocenters. The van der Waals surface area contributed by atoms with Gasteiger partial charge in [0.2, 0.25) is 0 Å². The maximum atomic E-state index is 12.5. The topological polar surface area (TPSA) is 46.5 Å². The van der Waals surface area contributed by atoms with E-state index < -0.39 is 15.0 Å². The second-order valence-electron chi connectivity index (χ2n) is 7.36. The van der Waals surface area contributed by atoms with Crippen molar-refractivity contribution in [3.63, 3.8) is 0 Å². The number of ether oxygens (including phenoxy) is 1. The van der Waals surface area contributed by atoms with Gasteiger partial charge in [0.05, 0.1) is 0 Å². The molecule has 3 nitrogen and oxygen atoms in total. The van der Waals surface area contributed by atoms with E-state index in [1.54, 1.807) is 0 Å². The van der Waals surface area contributed by atoms with Crippen molar-refractivity contribution >= 4 is 15.5 Å². The first kappa shape index (κ1) is 27.0. The van der Waals surface area contributed by atoms with Gasteiger partial charge in [0, 0.05) is 13.0 Å². The van der Waals surface area contributed by atoms with E-state index in [-0.39, 0.29) is 5.78 Å². The summed E-state index contributed by atoms with van der Waals surface area (Å²) in [5, 5.41) is -0.824. The monoisotopic (exact) mass is 408 g/mol. The van der Waals surface area contributed by atoms with Crippen molar-refractivity contribution in [2.45, 2.75) is 103 Å². The van der Waals surface area contributed by atoms with Crippen LogP contribution in [0.4, 0.5) is 0 Å². The van der Waals surface area contributed by atoms with E-state index in [1.165, 1.54) is 19.3 Å². The molecule has 0 spiro atoms. The van der Waals surface area contributed by atoms with E-state index in [9.17, 15) is 9.59 Å². The standard InChI is InChI=1S/C24H44O3Si/c1-4-7-8-9-10-11-12-13-14-15-16-17-18-19-20-21-23(25)24(28-26,22-5-2)27-6-3/h7-8,10-11,13-14,26H,4-6,9,12,15-22,28H2,1-3H3/b8-7-,11-10-,14-13-. The lowest BCUT2D eigenvalue weighted by molar-refractivity contribution is -0.136. The molecule has 0 saturated carbocycles. The Hall–Kier alpha value is -0.973. The summed E-state index contributed by atoms with van der Waals surface area (Å²) >= 11 is 0. The fourth-order valence-corrected chi connectivity index (χ4v) is 4.48. The van der Waals surface area contributed by atoms with Crippen molar-refractivity contribution in [3.05, 3.63) is 36.5 Å². The number of carbonyl (C=O) groups is 1. The first-order chi connectivity index (χ1) is 13.7. The summed E-state index contributed by atoms with van der Waals surface area (Å²) in [6.07, 6.45) is 25.4. The Balaban J connectivity index is 3.76. The molecule has 0 aromatic heterocycles. The summed E-state index contributed by atoms with van der Waals surface area (Å²) in [6, 6.07) is 0. The fraction of sp³-hybridized carbons (Fsp3) is 0.708. The average Bonchev–Trinajstić information content (AvgIpc) is 2.70. The lowest BCUT2D eigenvalue weighted by Crippen LogP contribution is -2.47. The van der Waals surface area contributed by atoms with Crippen LogP contribution in [0.5, 0.6) is 0 Å². The van der Waals surface area contributed by atoms with Gasteiger partial charge in [-0.15, -0.1) is 0 Å². The third kappa shape index (κ3) is 13.2. The maximum absolute atomic E-state index is 12.5. The summed E-state index contributed by atoms with van der Waals surface area (Å²) < 4.78 is 5.70. The molecule has 0 aliphatic heterocycles. The van der Waals surface area contributed by atoms with E-state index in [1.807, 2.05) is 13.8 Å². The van der Waals surface area contributed by atoms with Gasteiger partial charge in [-0.2, -0.15) is 0 Å². The van der Waals surface area contributed by atoms with Gasteiger partial charge in [0.15, 0.2) is 15.5 Å². The summed E-state index contributed by atoms with van der Waals surface area (Å²) in [4.78, 5) is 22.4. The Morgan fingerprint density at radius 3 is 2.11 bits per heavy atom. The van der Waals surface area contributed by atoms with Gasteiger partial charge in [-0.25, -0.2) is 0 Å². The minimum Gasteiger partial charge on any atom is -0.435 e. The lowest BCUT2D eigenvalue weighted by Gasteiger charge is -2.29. The normalized spacial score (nSPS) is 14.9. The number of carbonyl (C=O) groups excluding carboxylic acids is 1. The van der Waals surface area contributed by atoms with Gasteiger partial charge in [0.25, 0.3) is 0 Å². The molecule has 0 fully saturated rings. The highest BCUT2D eigenvalue weighted by molar-refractivity contribution is 6.39. The van der Waals surface area contributed by atoms with Crippen LogP contribution in [-0.4, -0.2) is 32.2 Å². The van der Waals surface area contributed by atoms with Crippen molar-refractivity contribution in [2.24, 2.45) is 0 Å². The van der Waals surface area contributed by atoms with Crippen LogP contribution in [0.15, 0.2) is 36.5 Å². The second kappa shape index (κ2) is 19.3. The van der Waals surface area contributed by atoms with Crippen LogP contribution in [0.25, 0.3) is 0 Å². The van der Waals surface area contributed by atoms with Gasteiger partial charge in [-0.05, 0) is 51.9 Å². The Morgan fingerprint density at radius 1 is 0.893 bits per heavy atom. The van der Waals surface area contributed by atoms with E-state index in [0.29, 0.717) is 19.4 Å². The first-order valence-corrected chi connectivity index (χ1v) is 12.7. The van der Waals surface area contributed by atoms with Crippen molar-refractivity contribution < 1.29 is 14.3 Å². The zero-order valence-electron chi connectivity index (χ0n) is 18.6. The molecule has 162 valence electrons. The molecule has 0 radical (unpaired) electrons. The van der Waals surface area contributed by atoms with Crippen LogP contribution in [0.3, 0.4) is 0 Å². The van der Waals surface area contributed by atoms with Gasteiger partial charge in [-0.3, -0.25) is 4.79 Å². The summed E-state index contributed by atoms with van der Waals surface area (Å²) in [5.74, 6) is 0.131. The Labute approximate surface area is 176 Å². The molecule has 1 N–H and O–H groups in total. The molecule has 28 heavy (non-hydrogen) atoms. The predicted molar refractivity (Wildman–Crippen MR) is 124 cm³/mol. The van der Waals surface area contributed by atoms with Gasteiger partial charge in [0.1, 0.15) is 5.22 Å². The Kier molecular flexibility index (Phi) is 18.7. The number of hydrogen-bond acceptors (Lipinski definition) is 3. The smallest absolute Gasteiger partial charge is 0.199 e. The van der Waals surface area contributed by atoms with Crippen molar-refractivity contribution in [1.29, 1.82) is 0 Å². The largest absolute Gasteiger partial charge is 0.435 e. The van der Waals surface area contributed by atoms with E-state index in [2.05, 4.69) is 43.4 Å². The quantitative estimate of drug-likeness (QED) is 0.168. The van der Waals surface area contributed by atoms with Crippen molar-refractivity contribution in [1.82, 2.24) is 0 Å². The third-order valence-electron chi connectivity index (χ3n) is 4.89. The molecule has 0 aromatic carbocycles. The minimum absolute atomic E-state index is 0.131. The molecule has 0 aromatic rings. The zero-order chi connectivity index (χ0) is 20.9. The van der Waals surface area contributed by atoms with Crippen LogP contribution in [0.2, 0.25) is 0 Å². The van der Waals surface area contributed by atoms with Crippen molar-refractivity contribution in [3.8, 4) is 0 Å². The van der Waals surface area contributed by atoms with Crippen LogP contribution >= 0.6 is 0 Å². The number of unbranched alkanes of at least 4 members (excludes halogenated alkanes) is 5. The number of allylic oxidation sites excluding steroid dienone is 6. The highest BCUT2D eigenvalue weighted by Gasteiger charge is 2.37. The van der Waals surface area contributed by atoms with Crippen LogP contribution < -0.4 is 0 Å². The number of rotatable bonds is 19. The highest BCUT2D eigenvalue weighted by Crippen LogP contribution is 2.21. The zero-order valence-corrected chi connectivity index (χ0v) is 20.0. The predicted octanol–water partition coefficient (Wildman–Crippen LogP) is 5.75. The molecule has 4 heteroatoms. The Bertz CT molecular complexity index is 449. The summed E-state index contributed by atoms with van der Waals surface area (Å²) in [5.41, 5.74) is 0. The summed E-state index contributed by atoms with van der Waals surface area (Å²) in [6.45, 7) is 6.60. The highest BCUT2D eigenvalue weighted by atomic mass is 28.2. The average molecular weight is 409 g/mol. The first-order valence-electron chi connectivity index (χ1n) is 11.4. The molecule has 0 aliphatic carbocycles. The molecule has 0 saturated heterocycles. The van der Waals surface area contributed by atoms with Crippen molar-refractivity contribution in [2.75, 3.05) is 6.61 Å². The lowest BCUT2D eigenvalue weighted by atomic mass is 10.0. The van der Waals surface area contributed by atoms with Gasteiger partial charge < -0.3 is 9.53 Å². The third-order valence-corrected chi connectivity index (χ3v) is 6.36. The second-order valence-corrected chi connectivity index (χ2v) is 8.82. The van der Waals surface area contributed by atoms with Crippen LogP contribution in [-0.2, 0) is 9.53 Å². The number of ketones is 1. The van der Waals surface area contributed by atoms with E-state index in [4.69, 9.17) is 4.74 Å². The molecule has 0 aliphatic rings. The number of Topliss-reactive ketones (excluding diaryl/α,β-unsaturated/α-hetero) is 1. The van der Waals surface area contributed by atoms with Gasteiger partial charge in [-0.1, -0.05) is 76.0 Å². The molecular weight excluding hydrogens is 364 g/mol. The molecule has 0 amide bonds. The summed E-state index contributed by atoms with van der Waals surface area (Å²) in [7, 11) is -1.50. The molecule has 0 bridgehead atoms. The Morgan fingerprint density at radius 2 is 1.50 bits per heavy atom.